The van der Waals surface area contributed by atoms with Gasteiger partial charge in [-0.25, -0.2) is 4.98 Å². The molecule has 0 radical (unpaired) electrons. The van der Waals surface area contributed by atoms with Gasteiger partial charge in [0.2, 0.25) is 0 Å². The van der Waals surface area contributed by atoms with E-state index in [9.17, 15) is 4.79 Å². The highest BCUT2D eigenvalue weighted by molar-refractivity contribution is 7.12. The Morgan fingerprint density at radius 1 is 1.28 bits per heavy atom. The molecule has 6 heteroatoms. The maximum Gasteiger partial charge on any atom is 0.264 e. The van der Waals surface area contributed by atoms with E-state index >= 15 is 0 Å². The third kappa shape index (κ3) is 2.28. The van der Waals surface area contributed by atoms with Crippen LogP contribution in [-0.2, 0) is 0 Å². The van der Waals surface area contributed by atoms with Crippen molar-refractivity contribution in [1.82, 2.24) is 14.9 Å². The monoisotopic (exact) mass is 352 g/mol. The number of carbonyl (C=O) groups is 1. The fraction of sp³-hybridized carbons (Fsp3) is 0.368. The van der Waals surface area contributed by atoms with E-state index in [1.54, 1.807) is 11.3 Å². The van der Waals surface area contributed by atoms with Crippen molar-refractivity contribution in [3.63, 3.8) is 0 Å². The Morgan fingerprint density at radius 3 is 2.92 bits per heavy atom. The summed E-state index contributed by atoms with van der Waals surface area (Å²) in [5.74, 6) is 0.214. The highest BCUT2D eigenvalue weighted by atomic mass is 32.1. The van der Waals surface area contributed by atoms with Crippen LogP contribution in [0.15, 0.2) is 36.0 Å². The van der Waals surface area contributed by atoms with Gasteiger partial charge in [0.05, 0.1) is 10.4 Å². The number of H-pyrrole nitrogens is 1. The van der Waals surface area contributed by atoms with Gasteiger partial charge >= 0.3 is 0 Å². The van der Waals surface area contributed by atoms with Gasteiger partial charge < -0.3 is 14.8 Å². The van der Waals surface area contributed by atoms with Crippen molar-refractivity contribution in [2.45, 2.75) is 25.3 Å². The molecule has 5 rings (SSSR count). The number of nitrogens with zero attached hydrogens (tertiary/aromatic N) is 3. The second-order valence-electron chi connectivity index (χ2n) is 7.11. The van der Waals surface area contributed by atoms with E-state index in [-0.39, 0.29) is 11.4 Å². The molecule has 4 heterocycles. The molecule has 25 heavy (non-hydrogen) atoms. The van der Waals surface area contributed by atoms with Gasteiger partial charge in [0.25, 0.3) is 5.91 Å². The topological polar surface area (TPSA) is 52.2 Å². The number of nitrogens with one attached hydrogen (secondary N) is 1. The molecule has 1 aliphatic carbocycles. The Kier molecular flexibility index (Phi) is 3.19. The van der Waals surface area contributed by atoms with Crippen LogP contribution in [0.2, 0.25) is 0 Å². The van der Waals surface area contributed by atoms with Crippen LogP contribution < -0.4 is 4.90 Å². The molecule has 128 valence electrons. The predicted octanol–water partition coefficient (Wildman–Crippen LogP) is 3.43. The van der Waals surface area contributed by atoms with Gasteiger partial charge in [-0.1, -0.05) is 0 Å². The second kappa shape index (κ2) is 5.33. The Bertz CT molecular complexity index is 955. The fourth-order valence-electron chi connectivity index (χ4n) is 4.01. The fourth-order valence-corrected chi connectivity index (χ4v) is 4.88. The number of amides is 1. The predicted molar refractivity (Wildman–Crippen MR) is 100 cm³/mol. The van der Waals surface area contributed by atoms with Crippen molar-refractivity contribution in [2.75, 3.05) is 24.5 Å². The van der Waals surface area contributed by atoms with E-state index < -0.39 is 0 Å². The number of piperazine rings is 1. The van der Waals surface area contributed by atoms with Crippen LogP contribution in [0.1, 0.15) is 28.1 Å². The minimum Gasteiger partial charge on any atom is -0.367 e. The first kappa shape index (κ1) is 15.0. The quantitative estimate of drug-likeness (QED) is 0.769. The van der Waals surface area contributed by atoms with Crippen molar-refractivity contribution < 1.29 is 4.79 Å². The highest BCUT2D eigenvalue weighted by Crippen LogP contribution is 2.46. The van der Waals surface area contributed by atoms with E-state index in [4.69, 9.17) is 0 Å². The van der Waals surface area contributed by atoms with E-state index in [0.717, 1.165) is 53.9 Å². The molecule has 1 aliphatic heterocycles. The lowest BCUT2D eigenvalue weighted by Crippen LogP contribution is -2.57. The molecular weight excluding hydrogens is 332 g/mol. The smallest absolute Gasteiger partial charge is 0.264 e. The largest absolute Gasteiger partial charge is 0.367 e. The van der Waals surface area contributed by atoms with Crippen LogP contribution in [0.3, 0.4) is 0 Å². The number of anilines is 1. The first-order valence-electron chi connectivity index (χ1n) is 8.71. The Balaban J connectivity index is 1.44. The lowest BCUT2D eigenvalue weighted by Gasteiger charge is -2.43. The molecule has 1 saturated heterocycles. The van der Waals surface area contributed by atoms with Crippen LogP contribution in [0.4, 0.5) is 5.69 Å². The number of aryl methyl sites for hydroxylation is 1. The molecular formula is C19H20N4OS. The zero-order valence-corrected chi connectivity index (χ0v) is 15.0. The summed E-state index contributed by atoms with van der Waals surface area (Å²) >= 11 is 1.56. The number of pyridine rings is 1. The molecule has 1 spiro atoms. The average molecular weight is 352 g/mol. The number of hydrogen-bond donors (Lipinski definition) is 1. The molecule has 2 fully saturated rings. The molecule has 1 saturated carbocycles. The van der Waals surface area contributed by atoms with E-state index in [1.807, 2.05) is 30.8 Å². The van der Waals surface area contributed by atoms with Gasteiger partial charge in [0.1, 0.15) is 5.65 Å². The maximum atomic E-state index is 13.1. The molecule has 0 bridgehead atoms. The number of rotatable bonds is 2. The normalized spacial score (nSPS) is 18.9. The average Bonchev–Trinajstić information content (AvgIpc) is 3.04. The molecule has 2 aliphatic rings. The molecule has 0 unspecified atom stereocenters. The first-order valence-corrected chi connectivity index (χ1v) is 9.59. The number of aromatic amines is 1. The third-order valence-corrected chi connectivity index (χ3v) is 6.56. The molecule has 0 aromatic carbocycles. The SMILES string of the molecule is Cc1ccsc1C(=O)N1CCN(c2ccnc3[nH]ccc23)CC12CC2. The Labute approximate surface area is 150 Å². The molecule has 0 atom stereocenters. The van der Waals surface area contributed by atoms with Gasteiger partial charge in [-0.2, -0.15) is 0 Å². The van der Waals surface area contributed by atoms with E-state index in [2.05, 4.69) is 31.9 Å². The summed E-state index contributed by atoms with van der Waals surface area (Å²) in [6, 6.07) is 6.21. The Hall–Kier alpha value is -2.34. The van der Waals surface area contributed by atoms with Crippen molar-refractivity contribution in [3.8, 4) is 0 Å². The summed E-state index contributed by atoms with van der Waals surface area (Å²) in [5, 5.41) is 3.17. The second-order valence-corrected chi connectivity index (χ2v) is 8.02. The van der Waals surface area contributed by atoms with Gasteiger partial charge in [-0.15, -0.1) is 11.3 Å². The minimum absolute atomic E-state index is 0.0116. The summed E-state index contributed by atoms with van der Waals surface area (Å²) in [7, 11) is 0. The van der Waals surface area contributed by atoms with Crippen LogP contribution in [-0.4, -0.2) is 45.9 Å². The number of carbonyl (C=O) groups excluding carboxylic acids is 1. The Morgan fingerprint density at radius 2 is 2.16 bits per heavy atom. The lowest BCUT2D eigenvalue weighted by atomic mass is 10.1. The van der Waals surface area contributed by atoms with Gasteiger partial charge in [0.15, 0.2) is 0 Å². The summed E-state index contributed by atoms with van der Waals surface area (Å²) in [4.78, 5) is 26.1. The standard InChI is InChI=1S/C19H20N4OS/c1-13-4-11-25-16(13)18(24)23-10-9-22(12-19(23)5-6-19)15-3-8-21-17-14(15)2-7-20-17/h2-4,7-8,11H,5-6,9-10,12H2,1H3,(H,20,21). The lowest BCUT2D eigenvalue weighted by molar-refractivity contribution is 0.0629. The van der Waals surface area contributed by atoms with Crippen LogP contribution in [0, 0.1) is 6.92 Å². The number of hydrogen-bond acceptors (Lipinski definition) is 4. The van der Waals surface area contributed by atoms with E-state index in [0.29, 0.717) is 0 Å². The molecule has 3 aromatic heterocycles. The zero-order valence-electron chi connectivity index (χ0n) is 14.2. The van der Waals surface area contributed by atoms with Gasteiger partial charge in [0, 0.05) is 43.1 Å². The van der Waals surface area contributed by atoms with Crippen molar-refractivity contribution in [3.05, 3.63) is 46.4 Å². The number of fused-ring (bicyclic) bond motifs is 1. The third-order valence-electron chi connectivity index (χ3n) is 5.56. The van der Waals surface area contributed by atoms with Gasteiger partial charge in [-0.05, 0) is 48.9 Å². The van der Waals surface area contributed by atoms with Crippen LogP contribution >= 0.6 is 11.3 Å². The number of aromatic nitrogens is 2. The minimum atomic E-state index is 0.0116. The summed E-state index contributed by atoms with van der Waals surface area (Å²) in [5.41, 5.74) is 3.25. The summed E-state index contributed by atoms with van der Waals surface area (Å²) in [6.45, 7) is 4.58. The maximum absolute atomic E-state index is 13.1. The van der Waals surface area contributed by atoms with Gasteiger partial charge in [-0.3, -0.25) is 4.79 Å². The summed E-state index contributed by atoms with van der Waals surface area (Å²) < 4.78 is 0. The van der Waals surface area contributed by atoms with Crippen molar-refractivity contribution >= 4 is 34.0 Å². The number of thiophene rings is 1. The van der Waals surface area contributed by atoms with Crippen LogP contribution in [0.5, 0.6) is 0 Å². The summed E-state index contributed by atoms with van der Waals surface area (Å²) in [6.07, 6.45) is 6.00. The van der Waals surface area contributed by atoms with Crippen LogP contribution in [0.25, 0.3) is 11.0 Å². The molecule has 5 nitrogen and oxygen atoms in total. The first-order chi connectivity index (χ1) is 12.2. The van der Waals surface area contributed by atoms with Crippen molar-refractivity contribution in [1.29, 1.82) is 0 Å². The van der Waals surface area contributed by atoms with Crippen molar-refractivity contribution in [2.24, 2.45) is 0 Å². The highest BCUT2D eigenvalue weighted by Gasteiger charge is 2.53. The molecule has 1 amide bonds. The molecule has 1 N–H and O–H groups in total. The molecule has 3 aromatic rings. The van der Waals surface area contributed by atoms with E-state index in [1.165, 1.54) is 5.69 Å². The zero-order chi connectivity index (χ0) is 17.0.